The molecule has 106 valence electrons. The fourth-order valence-corrected chi connectivity index (χ4v) is 1.45. The van der Waals surface area contributed by atoms with Crippen LogP contribution in [0.2, 0.25) is 0 Å². The Morgan fingerprint density at radius 1 is 0.706 bits per heavy atom. The second-order valence-electron chi connectivity index (χ2n) is 4.73. The quantitative estimate of drug-likeness (QED) is 0.583. The fourth-order valence-electron chi connectivity index (χ4n) is 1.45. The molecule has 0 rings (SSSR count). The Hall–Kier alpha value is -0.120. The molecule has 17 heavy (non-hydrogen) atoms. The first-order chi connectivity index (χ1) is 8.18. The van der Waals surface area contributed by atoms with E-state index in [1.807, 2.05) is 19.0 Å². The molecule has 0 aromatic heterocycles. The van der Waals surface area contributed by atoms with Crippen LogP contribution in [-0.2, 0) is 0 Å². The molecule has 0 saturated heterocycles. The standard InChI is InChI=1S/C10H22O.C4H11NO/c1-2-3-4-5-6-7-8-9-10-11;1-5(2)3-4-6/h11H,2-10H2,1H3;6H,3-4H2,1-2H3. The first kappa shape index (κ1) is 19.2. The number of hydrogen-bond donors (Lipinski definition) is 2. The summed E-state index contributed by atoms with van der Waals surface area (Å²) in [5, 5.41) is 16.7. The van der Waals surface area contributed by atoms with Crippen molar-refractivity contribution in [1.29, 1.82) is 0 Å². The van der Waals surface area contributed by atoms with Crippen molar-refractivity contribution in [1.82, 2.24) is 4.90 Å². The molecule has 0 aliphatic carbocycles. The van der Waals surface area contributed by atoms with E-state index in [9.17, 15) is 0 Å². The Kier molecular flexibility index (Phi) is 20.6. The summed E-state index contributed by atoms with van der Waals surface area (Å²) in [6, 6.07) is 0. The van der Waals surface area contributed by atoms with Crippen LogP contribution >= 0.6 is 0 Å². The van der Waals surface area contributed by atoms with Gasteiger partial charge in [-0.1, -0.05) is 51.9 Å². The lowest BCUT2D eigenvalue weighted by Crippen LogP contribution is -2.15. The molecular weight excluding hydrogens is 214 g/mol. The SMILES string of the molecule is CCCCCCCCCCO.CN(C)CCO. The number of aliphatic hydroxyl groups is 2. The molecule has 0 aliphatic rings. The topological polar surface area (TPSA) is 43.7 Å². The van der Waals surface area contributed by atoms with Crippen molar-refractivity contribution in [2.75, 3.05) is 33.9 Å². The number of hydrogen-bond acceptors (Lipinski definition) is 3. The molecule has 0 aromatic rings. The molecule has 0 fully saturated rings. The Labute approximate surface area is 108 Å². The normalized spacial score (nSPS) is 10.2. The summed E-state index contributed by atoms with van der Waals surface area (Å²) >= 11 is 0. The molecule has 0 amide bonds. The summed E-state index contributed by atoms with van der Waals surface area (Å²) in [5.74, 6) is 0. The highest BCUT2D eigenvalue weighted by Crippen LogP contribution is 2.07. The van der Waals surface area contributed by atoms with Gasteiger partial charge in [0.05, 0.1) is 6.61 Å². The Balaban J connectivity index is 0. The van der Waals surface area contributed by atoms with Crippen LogP contribution in [0.25, 0.3) is 0 Å². The Morgan fingerprint density at radius 2 is 1.18 bits per heavy atom. The first-order valence-electron chi connectivity index (χ1n) is 7.05. The van der Waals surface area contributed by atoms with Crippen molar-refractivity contribution in [3.05, 3.63) is 0 Å². The van der Waals surface area contributed by atoms with Gasteiger partial charge in [0.25, 0.3) is 0 Å². The number of aliphatic hydroxyl groups excluding tert-OH is 2. The Morgan fingerprint density at radius 3 is 1.47 bits per heavy atom. The summed E-state index contributed by atoms with van der Waals surface area (Å²) in [4.78, 5) is 1.93. The van der Waals surface area contributed by atoms with Gasteiger partial charge in [-0.15, -0.1) is 0 Å². The predicted octanol–water partition coefficient (Wildman–Crippen LogP) is 2.66. The third-order valence-electron chi connectivity index (χ3n) is 2.56. The maximum absolute atomic E-state index is 8.51. The second kappa shape index (κ2) is 18.3. The van der Waals surface area contributed by atoms with Crippen molar-refractivity contribution < 1.29 is 10.2 Å². The minimum Gasteiger partial charge on any atom is -0.396 e. The molecule has 0 spiro atoms. The third kappa shape index (κ3) is 25.8. The van der Waals surface area contributed by atoms with Gasteiger partial charge < -0.3 is 15.1 Å². The van der Waals surface area contributed by atoms with Gasteiger partial charge in [-0.3, -0.25) is 0 Å². The molecule has 3 nitrogen and oxygen atoms in total. The summed E-state index contributed by atoms with van der Waals surface area (Å²) in [5.41, 5.74) is 0. The van der Waals surface area contributed by atoms with E-state index in [1.165, 1.54) is 44.9 Å². The maximum Gasteiger partial charge on any atom is 0.0558 e. The van der Waals surface area contributed by atoms with Crippen LogP contribution in [0.15, 0.2) is 0 Å². The summed E-state index contributed by atoms with van der Waals surface area (Å²) < 4.78 is 0. The number of likely N-dealkylation sites (N-methyl/N-ethyl adjacent to an activating group) is 1. The summed E-state index contributed by atoms with van der Waals surface area (Å²) in [6.07, 6.45) is 10.4. The van der Waals surface area contributed by atoms with E-state index in [4.69, 9.17) is 10.2 Å². The van der Waals surface area contributed by atoms with E-state index in [1.54, 1.807) is 0 Å². The van der Waals surface area contributed by atoms with Crippen molar-refractivity contribution in [3.63, 3.8) is 0 Å². The van der Waals surface area contributed by atoms with Crippen LogP contribution in [-0.4, -0.2) is 49.0 Å². The predicted molar refractivity (Wildman–Crippen MR) is 75.3 cm³/mol. The van der Waals surface area contributed by atoms with E-state index >= 15 is 0 Å². The zero-order chi connectivity index (χ0) is 13.4. The molecule has 0 aliphatic heterocycles. The van der Waals surface area contributed by atoms with Gasteiger partial charge >= 0.3 is 0 Å². The highest BCUT2D eigenvalue weighted by molar-refractivity contribution is 4.44. The molecule has 3 heteroatoms. The van der Waals surface area contributed by atoms with Gasteiger partial charge in [0.1, 0.15) is 0 Å². The molecule has 0 unspecified atom stereocenters. The molecular formula is C14H33NO2. The van der Waals surface area contributed by atoms with Crippen molar-refractivity contribution >= 4 is 0 Å². The maximum atomic E-state index is 8.51. The molecule has 0 bridgehead atoms. The van der Waals surface area contributed by atoms with E-state index < -0.39 is 0 Å². The van der Waals surface area contributed by atoms with Crippen LogP contribution in [0.4, 0.5) is 0 Å². The monoisotopic (exact) mass is 247 g/mol. The van der Waals surface area contributed by atoms with Gasteiger partial charge in [0, 0.05) is 13.2 Å². The second-order valence-corrected chi connectivity index (χ2v) is 4.73. The van der Waals surface area contributed by atoms with Crippen LogP contribution in [0.1, 0.15) is 58.3 Å². The molecule has 0 atom stereocenters. The van der Waals surface area contributed by atoms with E-state index in [0.29, 0.717) is 6.61 Å². The average Bonchev–Trinajstić information content (AvgIpc) is 2.29. The molecule has 2 N–H and O–H groups in total. The summed E-state index contributed by atoms with van der Waals surface area (Å²) in [6.45, 7) is 3.63. The highest BCUT2D eigenvalue weighted by Gasteiger charge is 1.89. The van der Waals surface area contributed by atoms with Crippen LogP contribution in [0.5, 0.6) is 0 Å². The molecule has 0 radical (unpaired) electrons. The van der Waals surface area contributed by atoms with Gasteiger partial charge in [-0.25, -0.2) is 0 Å². The largest absolute Gasteiger partial charge is 0.396 e. The number of nitrogens with zero attached hydrogens (tertiary/aromatic N) is 1. The lowest BCUT2D eigenvalue weighted by Gasteiger charge is -2.03. The van der Waals surface area contributed by atoms with E-state index in [2.05, 4.69) is 6.92 Å². The molecule has 0 saturated carbocycles. The Bertz CT molecular complexity index is 111. The van der Waals surface area contributed by atoms with Crippen molar-refractivity contribution in [3.8, 4) is 0 Å². The number of unbranched alkanes of at least 4 members (excludes halogenated alkanes) is 7. The highest BCUT2D eigenvalue weighted by atomic mass is 16.3. The smallest absolute Gasteiger partial charge is 0.0558 e. The van der Waals surface area contributed by atoms with Crippen LogP contribution in [0, 0.1) is 0 Å². The van der Waals surface area contributed by atoms with Crippen molar-refractivity contribution in [2.24, 2.45) is 0 Å². The average molecular weight is 247 g/mol. The number of rotatable bonds is 10. The first-order valence-corrected chi connectivity index (χ1v) is 7.05. The van der Waals surface area contributed by atoms with Crippen LogP contribution < -0.4 is 0 Å². The fraction of sp³-hybridized carbons (Fsp3) is 1.00. The lowest BCUT2D eigenvalue weighted by molar-refractivity contribution is 0.243. The summed E-state index contributed by atoms with van der Waals surface area (Å²) in [7, 11) is 3.85. The zero-order valence-corrected chi connectivity index (χ0v) is 12.1. The molecule has 0 heterocycles. The molecule has 0 aromatic carbocycles. The lowest BCUT2D eigenvalue weighted by atomic mass is 10.1. The minimum absolute atomic E-state index is 0.257. The third-order valence-corrected chi connectivity index (χ3v) is 2.56. The van der Waals surface area contributed by atoms with Crippen molar-refractivity contribution in [2.45, 2.75) is 58.3 Å². The van der Waals surface area contributed by atoms with Gasteiger partial charge in [0.15, 0.2) is 0 Å². The van der Waals surface area contributed by atoms with Gasteiger partial charge in [-0.2, -0.15) is 0 Å². The van der Waals surface area contributed by atoms with Crippen LogP contribution in [0.3, 0.4) is 0 Å². The van der Waals surface area contributed by atoms with Gasteiger partial charge in [-0.05, 0) is 20.5 Å². The minimum atomic E-state index is 0.257. The van der Waals surface area contributed by atoms with Gasteiger partial charge in [0.2, 0.25) is 0 Å². The zero-order valence-electron chi connectivity index (χ0n) is 12.1. The van der Waals surface area contributed by atoms with E-state index in [-0.39, 0.29) is 6.61 Å². The van der Waals surface area contributed by atoms with E-state index in [0.717, 1.165) is 13.0 Å².